The molecule has 3 rings (SSSR count). The van der Waals surface area contributed by atoms with Gasteiger partial charge >= 0.3 is 5.97 Å². The van der Waals surface area contributed by atoms with E-state index in [-0.39, 0.29) is 11.3 Å². The zero-order valence-electron chi connectivity index (χ0n) is 18.4. The number of methoxy groups -OCH3 is 1. The number of nitrogens with zero attached hydrogens (tertiary/aromatic N) is 4. The first kappa shape index (κ1) is 23.6. The number of unbranched alkanes of at least 4 members (excludes halogenated alkanes) is 1. The fraction of sp³-hybridized carbons (Fsp3) is 0.304. The maximum Gasteiger partial charge on any atom is 0.322 e. The highest BCUT2D eigenvalue weighted by Gasteiger charge is 2.29. The zero-order chi connectivity index (χ0) is 23.8. The van der Waals surface area contributed by atoms with Crippen molar-refractivity contribution in [1.29, 1.82) is 0 Å². The third-order valence-electron chi connectivity index (χ3n) is 5.03. The van der Waals surface area contributed by atoms with Crippen molar-refractivity contribution in [3.05, 3.63) is 76.5 Å². The number of hydrogen-bond donors (Lipinski definition) is 1. The molecule has 0 aliphatic carbocycles. The van der Waals surface area contributed by atoms with Gasteiger partial charge in [0.15, 0.2) is 11.7 Å². The molecule has 1 N–H and O–H groups in total. The average Bonchev–Trinajstić information content (AvgIpc) is 3.28. The first-order valence-corrected chi connectivity index (χ1v) is 10.4. The van der Waals surface area contributed by atoms with Crippen LogP contribution in [0.4, 0.5) is 5.69 Å². The van der Waals surface area contributed by atoms with Gasteiger partial charge in [0.2, 0.25) is 5.91 Å². The number of hydrogen-bond acceptors (Lipinski definition) is 7. The van der Waals surface area contributed by atoms with Crippen molar-refractivity contribution in [3.8, 4) is 0 Å². The predicted molar refractivity (Wildman–Crippen MR) is 120 cm³/mol. The summed E-state index contributed by atoms with van der Waals surface area (Å²) in [5.74, 6) is -2.54. The van der Waals surface area contributed by atoms with Gasteiger partial charge in [0, 0.05) is 38.0 Å². The van der Waals surface area contributed by atoms with E-state index in [1.807, 2.05) is 0 Å². The highest BCUT2D eigenvalue weighted by Crippen LogP contribution is 2.19. The van der Waals surface area contributed by atoms with Crippen LogP contribution in [0.15, 0.2) is 59.7 Å². The van der Waals surface area contributed by atoms with Crippen LogP contribution in [-0.4, -0.2) is 44.3 Å². The Morgan fingerprint density at radius 3 is 2.45 bits per heavy atom. The second-order valence-electron chi connectivity index (χ2n) is 7.43. The molecule has 0 spiro atoms. The molecule has 0 aliphatic rings. The largest absolute Gasteiger partial charge is 0.468 e. The number of nitrogens with one attached hydrogen (secondary N) is 1. The predicted octanol–water partition coefficient (Wildman–Crippen LogP) is 2.02. The molecule has 2 heterocycles. The van der Waals surface area contributed by atoms with Gasteiger partial charge in [-0.2, -0.15) is 0 Å². The van der Waals surface area contributed by atoms with Gasteiger partial charge in [-0.05, 0) is 24.5 Å². The van der Waals surface area contributed by atoms with Crippen molar-refractivity contribution in [2.75, 3.05) is 12.4 Å². The summed E-state index contributed by atoms with van der Waals surface area (Å²) in [6, 6.07) is 11.5. The molecule has 1 atom stereocenters. The Kier molecular flexibility index (Phi) is 7.85. The van der Waals surface area contributed by atoms with Crippen LogP contribution >= 0.6 is 0 Å². The van der Waals surface area contributed by atoms with Crippen LogP contribution in [0.1, 0.15) is 41.7 Å². The van der Waals surface area contributed by atoms with E-state index in [9.17, 15) is 19.2 Å². The van der Waals surface area contributed by atoms with Crippen LogP contribution in [0.3, 0.4) is 0 Å². The highest BCUT2D eigenvalue weighted by molar-refractivity contribution is 6.09. The van der Waals surface area contributed by atoms with Gasteiger partial charge in [0.05, 0.1) is 13.3 Å². The van der Waals surface area contributed by atoms with Crippen molar-refractivity contribution >= 4 is 23.3 Å². The number of ketones is 1. The summed E-state index contributed by atoms with van der Waals surface area (Å²) in [5.41, 5.74) is 0.843. The molecule has 0 aliphatic heterocycles. The minimum atomic E-state index is -1.14. The number of ether oxygens (including phenoxy) is 1. The van der Waals surface area contributed by atoms with Gasteiger partial charge in [-0.15, -0.1) is 5.10 Å². The molecule has 0 radical (unpaired) electrons. The van der Waals surface area contributed by atoms with Crippen LogP contribution in [0.25, 0.3) is 0 Å². The summed E-state index contributed by atoms with van der Waals surface area (Å²) in [7, 11) is 1.22. The van der Waals surface area contributed by atoms with Crippen LogP contribution in [0, 0.1) is 0 Å². The molecule has 33 heavy (non-hydrogen) atoms. The number of benzene rings is 1. The lowest BCUT2D eigenvalue weighted by Gasteiger charge is -2.15. The van der Waals surface area contributed by atoms with E-state index in [1.165, 1.54) is 24.7 Å². The summed E-state index contributed by atoms with van der Waals surface area (Å²) in [5, 5.41) is 10.3. The number of aromatic nitrogens is 4. The number of esters is 1. The van der Waals surface area contributed by atoms with Gasteiger partial charge in [-0.1, -0.05) is 35.5 Å². The molecule has 1 aromatic carbocycles. The molecule has 172 valence electrons. The van der Waals surface area contributed by atoms with Gasteiger partial charge < -0.3 is 14.6 Å². The van der Waals surface area contributed by atoms with E-state index in [1.54, 1.807) is 53.5 Å². The van der Waals surface area contributed by atoms with Gasteiger partial charge in [-0.3, -0.25) is 23.9 Å². The van der Waals surface area contributed by atoms with Crippen molar-refractivity contribution in [3.63, 3.8) is 0 Å². The molecule has 2 aromatic heterocycles. The van der Waals surface area contributed by atoms with Crippen LogP contribution in [0.2, 0.25) is 0 Å². The van der Waals surface area contributed by atoms with Crippen molar-refractivity contribution < 1.29 is 19.1 Å². The molecule has 0 saturated heterocycles. The van der Waals surface area contributed by atoms with Gasteiger partial charge in [0.25, 0.3) is 5.56 Å². The molecular weight excluding hydrogens is 426 g/mol. The van der Waals surface area contributed by atoms with Crippen molar-refractivity contribution in [2.24, 2.45) is 0 Å². The zero-order valence-corrected chi connectivity index (χ0v) is 18.4. The lowest BCUT2D eigenvalue weighted by molar-refractivity contribution is -0.145. The van der Waals surface area contributed by atoms with Gasteiger partial charge in [0.1, 0.15) is 5.69 Å². The average molecular weight is 451 g/mol. The number of aryl methyl sites for hydroxylation is 2. The minimum absolute atomic E-state index is 0.137. The number of Topliss-reactive ketones (excluding diaryl/α,β-unsaturated/α-hetero) is 1. The normalized spacial score (nSPS) is 11.6. The molecule has 10 heteroatoms. The monoisotopic (exact) mass is 451 g/mol. The quantitative estimate of drug-likeness (QED) is 0.216. The van der Waals surface area contributed by atoms with Crippen LogP contribution < -0.4 is 10.9 Å². The smallest absolute Gasteiger partial charge is 0.322 e. The molecule has 0 saturated carbocycles. The standard InChI is InChI=1S/C23H25N5O5/c1-16(29)19-15-28(26-25-19)12-7-6-11-27-13-10-18(14-20(27)30)24-22(31)21(23(32)33-2)17-8-4-3-5-9-17/h3-5,8-10,13-15,21H,6-7,11-12H2,1-2H3,(H,24,31)/t21-/m0/s1. The van der Waals surface area contributed by atoms with Crippen molar-refractivity contribution in [1.82, 2.24) is 19.6 Å². The number of carbonyl (C=O) groups excluding carboxylic acids is 3. The molecule has 1 amide bonds. The number of amides is 1. The Labute approximate surface area is 190 Å². The third kappa shape index (κ3) is 6.22. The topological polar surface area (TPSA) is 125 Å². The van der Waals surface area contributed by atoms with Crippen LogP contribution in [0.5, 0.6) is 0 Å². The fourth-order valence-electron chi connectivity index (χ4n) is 3.27. The van der Waals surface area contributed by atoms with Gasteiger partial charge in [-0.25, -0.2) is 0 Å². The molecule has 0 bridgehead atoms. The minimum Gasteiger partial charge on any atom is -0.468 e. The van der Waals surface area contributed by atoms with E-state index >= 15 is 0 Å². The molecule has 3 aromatic rings. The molecular formula is C23H25N5O5. The Balaban J connectivity index is 1.57. The number of pyridine rings is 1. The number of anilines is 1. The van der Waals surface area contributed by atoms with E-state index in [0.717, 1.165) is 6.42 Å². The molecule has 0 fully saturated rings. The molecule has 10 nitrogen and oxygen atoms in total. The summed E-state index contributed by atoms with van der Waals surface area (Å²) < 4.78 is 7.91. The second kappa shape index (κ2) is 11.0. The summed E-state index contributed by atoms with van der Waals surface area (Å²) >= 11 is 0. The summed E-state index contributed by atoms with van der Waals surface area (Å²) in [4.78, 5) is 48.6. The van der Waals surface area contributed by atoms with E-state index in [2.05, 4.69) is 15.6 Å². The van der Waals surface area contributed by atoms with E-state index in [0.29, 0.717) is 36.5 Å². The SMILES string of the molecule is COC(=O)[C@H](C(=O)Nc1ccn(CCCCn2cc(C(C)=O)nn2)c(=O)c1)c1ccccc1. The lowest BCUT2D eigenvalue weighted by Crippen LogP contribution is -2.29. The summed E-state index contributed by atoms with van der Waals surface area (Å²) in [6.07, 6.45) is 4.64. The van der Waals surface area contributed by atoms with Crippen molar-refractivity contribution in [2.45, 2.75) is 38.8 Å². The Morgan fingerprint density at radius 2 is 1.82 bits per heavy atom. The van der Waals surface area contributed by atoms with E-state index < -0.39 is 17.8 Å². The number of carbonyl (C=O) groups is 3. The maximum absolute atomic E-state index is 12.7. The molecule has 0 unspecified atom stereocenters. The first-order chi connectivity index (χ1) is 15.9. The van der Waals surface area contributed by atoms with E-state index in [4.69, 9.17) is 4.74 Å². The van der Waals surface area contributed by atoms with Crippen LogP contribution in [-0.2, 0) is 27.4 Å². The Bertz CT molecular complexity index is 1190. The number of rotatable bonds is 10. The highest BCUT2D eigenvalue weighted by atomic mass is 16.5. The fourth-order valence-corrected chi connectivity index (χ4v) is 3.27. The Hall–Kier alpha value is -4.08. The third-order valence-corrected chi connectivity index (χ3v) is 5.03. The second-order valence-corrected chi connectivity index (χ2v) is 7.43. The summed E-state index contributed by atoms with van der Waals surface area (Å²) in [6.45, 7) is 2.50. The lowest BCUT2D eigenvalue weighted by atomic mass is 9.98. The maximum atomic E-state index is 12.7. The Morgan fingerprint density at radius 1 is 1.09 bits per heavy atom. The first-order valence-electron chi connectivity index (χ1n) is 10.4.